The van der Waals surface area contributed by atoms with Gasteiger partial charge in [-0.25, -0.2) is 0 Å². The molecule has 2 N–H and O–H groups in total. The average Bonchev–Trinajstić information content (AvgIpc) is 3.22. The molecule has 0 radical (unpaired) electrons. The molecule has 0 saturated heterocycles. The van der Waals surface area contributed by atoms with Crippen molar-refractivity contribution in [2.45, 2.75) is 45.3 Å². The van der Waals surface area contributed by atoms with Crippen LogP contribution in [0.25, 0.3) is 0 Å². The maximum absolute atomic E-state index is 12.5. The fourth-order valence-electron chi connectivity index (χ4n) is 2.08. The van der Waals surface area contributed by atoms with Gasteiger partial charge in [0.2, 0.25) is 5.91 Å². The molecule has 1 aromatic rings. The van der Waals surface area contributed by atoms with E-state index in [0.717, 1.165) is 18.4 Å². The second-order valence-electron chi connectivity index (χ2n) is 5.72. The van der Waals surface area contributed by atoms with Gasteiger partial charge in [0.25, 0.3) is 0 Å². The van der Waals surface area contributed by atoms with E-state index in [9.17, 15) is 4.79 Å². The van der Waals surface area contributed by atoms with Crippen LogP contribution in [0.3, 0.4) is 0 Å². The van der Waals surface area contributed by atoms with Crippen molar-refractivity contribution in [2.75, 3.05) is 0 Å². The Morgan fingerprint density at radius 3 is 2.50 bits per heavy atom. The summed E-state index contributed by atoms with van der Waals surface area (Å²) in [6.07, 6.45) is 2.11. The minimum absolute atomic E-state index is 0.0218. The lowest BCUT2D eigenvalue weighted by atomic mass is 10.0. The Labute approximate surface area is 130 Å². The molecule has 0 unspecified atom stereocenters. The number of carbonyl (C=O) groups excluding carboxylic acids is 1. The summed E-state index contributed by atoms with van der Waals surface area (Å²) in [6, 6.07) is 5.35. The summed E-state index contributed by atoms with van der Waals surface area (Å²) >= 11 is 11.9. The summed E-state index contributed by atoms with van der Waals surface area (Å²) in [5.74, 6) is 0.158. The number of nitrogens with two attached hydrogens (primary N) is 1. The Hall–Kier alpha value is -0.770. The molecule has 1 amide bonds. The van der Waals surface area contributed by atoms with Gasteiger partial charge in [-0.3, -0.25) is 4.79 Å². The van der Waals surface area contributed by atoms with E-state index >= 15 is 0 Å². The molecule has 110 valence electrons. The molecule has 0 aliphatic heterocycles. The summed E-state index contributed by atoms with van der Waals surface area (Å²) in [6.45, 7) is 4.47. The number of carbonyl (C=O) groups is 1. The first-order chi connectivity index (χ1) is 9.40. The van der Waals surface area contributed by atoms with Crippen molar-refractivity contribution in [3.8, 4) is 0 Å². The third-order valence-corrected chi connectivity index (χ3v) is 4.35. The highest BCUT2D eigenvalue weighted by Crippen LogP contribution is 2.30. The van der Waals surface area contributed by atoms with Gasteiger partial charge in [-0.1, -0.05) is 43.1 Å². The van der Waals surface area contributed by atoms with Crippen molar-refractivity contribution in [2.24, 2.45) is 11.7 Å². The third kappa shape index (κ3) is 3.66. The van der Waals surface area contributed by atoms with E-state index in [-0.39, 0.29) is 11.8 Å². The van der Waals surface area contributed by atoms with Gasteiger partial charge >= 0.3 is 0 Å². The van der Waals surface area contributed by atoms with Crippen LogP contribution in [0.1, 0.15) is 32.3 Å². The summed E-state index contributed by atoms with van der Waals surface area (Å²) in [5.41, 5.74) is 6.98. The number of hydrogen-bond acceptors (Lipinski definition) is 2. The maximum Gasteiger partial charge on any atom is 0.240 e. The molecule has 3 nitrogen and oxygen atoms in total. The first kappa shape index (κ1) is 15.6. The van der Waals surface area contributed by atoms with Crippen molar-refractivity contribution in [3.05, 3.63) is 33.8 Å². The zero-order valence-corrected chi connectivity index (χ0v) is 13.3. The minimum atomic E-state index is -0.446. The molecule has 0 aromatic heterocycles. The van der Waals surface area contributed by atoms with Crippen molar-refractivity contribution >= 4 is 29.1 Å². The van der Waals surface area contributed by atoms with E-state index in [4.69, 9.17) is 28.9 Å². The summed E-state index contributed by atoms with van der Waals surface area (Å²) in [7, 11) is 0. The van der Waals surface area contributed by atoms with Gasteiger partial charge in [0.15, 0.2) is 0 Å². The fraction of sp³-hybridized carbons (Fsp3) is 0.533. The second-order valence-corrected chi connectivity index (χ2v) is 6.53. The van der Waals surface area contributed by atoms with Crippen molar-refractivity contribution in [1.82, 2.24) is 4.90 Å². The molecule has 1 saturated carbocycles. The van der Waals surface area contributed by atoms with Crippen LogP contribution in [-0.4, -0.2) is 22.9 Å². The summed E-state index contributed by atoms with van der Waals surface area (Å²) in [5, 5.41) is 1.04. The van der Waals surface area contributed by atoms with Crippen molar-refractivity contribution in [3.63, 3.8) is 0 Å². The Morgan fingerprint density at radius 1 is 1.35 bits per heavy atom. The summed E-state index contributed by atoms with van der Waals surface area (Å²) < 4.78 is 0. The van der Waals surface area contributed by atoms with E-state index in [1.54, 1.807) is 6.07 Å². The number of amides is 1. The molecule has 0 heterocycles. The zero-order valence-electron chi connectivity index (χ0n) is 11.8. The van der Waals surface area contributed by atoms with Crippen LogP contribution in [-0.2, 0) is 11.3 Å². The highest BCUT2D eigenvalue weighted by atomic mass is 35.5. The van der Waals surface area contributed by atoms with Crippen LogP contribution in [0.15, 0.2) is 18.2 Å². The van der Waals surface area contributed by atoms with Gasteiger partial charge in [-0.15, -0.1) is 0 Å². The Kier molecular flexibility index (Phi) is 4.95. The topological polar surface area (TPSA) is 46.3 Å². The van der Waals surface area contributed by atoms with Crippen LogP contribution in [0.2, 0.25) is 10.0 Å². The van der Waals surface area contributed by atoms with Crippen LogP contribution in [0.4, 0.5) is 0 Å². The Balaban J connectivity index is 2.13. The third-order valence-electron chi connectivity index (χ3n) is 3.61. The molecule has 1 aliphatic carbocycles. The predicted molar refractivity (Wildman–Crippen MR) is 82.8 cm³/mol. The fourth-order valence-corrected chi connectivity index (χ4v) is 2.41. The van der Waals surface area contributed by atoms with Crippen LogP contribution < -0.4 is 5.73 Å². The number of nitrogens with zero attached hydrogens (tertiary/aromatic N) is 1. The van der Waals surface area contributed by atoms with E-state index in [0.29, 0.717) is 22.6 Å². The Morgan fingerprint density at radius 2 is 2.00 bits per heavy atom. The standard InChI is InChI=1S/C15H20Cl2N2O/c1-9(2)14(18)15(20)19(11-4-5-11)8-10-3-6-12(16)13(17)7-10/h3,6-7,9,11,14H,4-5,8,18H2,1-2H3/t14-/m1/s1. The van der Waals surface area contributed by atoms with Gasteiger partial charge < -0.3 is 10.6 Å². The van der Waals surface area contributed by atoms with E-state index in [2.05, 4.69) is 0 Å². The number of hydrogen-bond donors (Lipinski definition) is 1. The molecule has 0 spiro atoms. The molecule has 1 fully saturated rings. The van der Waals surface area contributed by atoms with Crippen molar-refractivity contribution < 1.29 is 4.79 Å². The first-order valence-electron chi connectivity index (χ1n) is 6.90. The SMILES string of the molecule is CC(C)[C@@H](N)C(=O)N(Cc1ccc(Cl)c(Cl)c1)C1CC1. The number of halogens is 2. The molecular weight excluding hydrogens is 295 g/mol. The molecule has 5 heteroatoms. The van der Waals surface area contributed by atoms with Crippen LogP contribution in [0, 0.1) is 5.92 Å². The number of benzene rings is 1. The normalized spacial score (nSPS) is 16.3. The maximum atomic E-state index is 12.5. The Bertz CT molecular complexity index is 501. The quantitative estimate of drug-likeness (QED) is 0.904. The highest BCUT2D eigenvalue weighted by molar-refractivity contribution is 6.42. The second kappa shape index (κ2) is 6.33. The summed E-state index contributed by atoms with van der Waals surface area (Å²) in [4.78, 5) is 14.3. The zero-order chi connectivity index (χ0) is 14.9. The van der Waals surface area contributed by atoms with Gasteiger partial charge in [0.05, 0.1) is 16.1 Å². The van der Waals surface area contributed by atoms with E-state index in [1.165, 1.54) is 0 Å². The monoisotopic (exact) mass is 314 g/mol. The first-order valence-corrected chi connectivity index (χ1v) is 7.65. The van der Waals surface area contributed by atoms with Gasteiger partial charge in [0.1, 0.15) is 0 Å². The lowest BCUT2D eigenvalue weighted by molar-refractivity contribution is -0.134. The average molecular weight is 315 g/mol. The van der Waals surface area contributed by atoms with Gasteiger partial charge in [0, 0.05) is 12.6 Å². The van der Waals surface area contributed by atoms with Crippen molar-refractivity contribution in [1.29, 1.82) is 0 Å². The lowest BCUT2D eigenvalue weighted by Gasteiger charge is -2.27. The molecule has 1 aromatic carbocycles. The van der Waals surface area contributed by atoms with Crippen LogP contribution >= 0.6 is 23.2 Å². The largest absolute Gasteiger partial charge is 0.334 e. The minimum Gasteiger partial charge on any atom is -0.334 e. The lowest BCUT2D eigenvalue weighted by Crippen LogP contribution is -2.47. The molecule has 1 aliphatic rings. The molecule has 0 bridgehead atoms. The molecular formula is C15H20Cl2N2O. The van der Waals surface area contributed by atoms with Crippen LogP contribution in [0.5, 0.6) is 0 Å². The molecule has 2 rings (SSSR count). The smallest absolute Gasteiger partial charge is 0.240 e. The van der Waals surface area contributed by atoms with E-state index in [1.807, 2.05) is 30.9 Å². The van der Waals surface area contributed by atoms with Gasteiger partial charge in [-0.2, -0.15) is 0 Å². The number of rotatable bonds is 5. The van der Waals surface area contributed by atoms with E-state index < -0.39 is 6.04 Å². The molecule has 1 atom stereocenters. The highest BCUT2D eigenvalue weighted by Gasteiger charge is 2.35. The van der Waals surface area contributed by atoms with Gasteiger partial charge in [-0.05, 0) is 36.5 Å². The molecule has 20 heavy (non-hydrogen) atoms. The predicted octanol–water partition coefficient (Wildman–Crippen LogP) is 3.47.